The lowest BCUT2D eigenvalue weighted by Gasteiger charge is -2.23. The van der Waals surface area contributed by atoms with Crippen molar-refractivity contribution in [2.75, 3.05) is 6.61 Å². The van der Waals surface area contributed by atoms with E-state index in [-0.39, 0.29) is 0 Å². The van der Waals surface area contributed by atoms with E-state index in [2.05, 4.69) is 31.2 Å². The van der Waals surface area contributed by atoms with Gasteiger partial charge in [-0.2, -0.15) is 0 Å². The lowest BCUT2D eigenvalue weighted by atomic mass is 9.83. The Kier molecular flexibility index (Phi) is 3.63. The van der Waals surface area contributed by atoms with Crippen molar-refractivity contribution in [1.82, 2.24) is 0 Å². The highest BCUT2D eigenvalue weighted by Gasteiger charge is 2.42. The molecule has 1 nitrogen and oxygen atoms in total. The second-order valence-electron chi connectivity index (χ2n) is 4.94. The summed E-state index contributed by atoms with van der Waals surface area (Å²) in [5.74, 6) is 2.48. The third kappa shape index (κ3) is 2.17. The van der Waals surface area contributed by atoms with Gasteiger partial charge in [-0.25, -0.2) is 0 Å². The normalized spacial score (nSPS) is 38.3. The molecule has 1 fully saturated rings. The highest BCUT2D eigenvalue weighted by atomic mass is 16.3. The highest BCUT2D eigenvalue weighted by Crippen LogP contribution is 2.48. The van der Waals surface area contributed by atoms with E-state index in [1.54, 1.807) is 0 Å². The molecule has 0 heterocycles. The summed E-state index contributed by atoms with van der Waals surface area (Å²) in [6.45, 7) is 2.58. The molecule has 2 bridgehead atoms. The lowest BCUT2D eigenvalue weighted by Crippen LogP contribution is -2.21. The van der Waals surface area contributed by atoms with Gasteiger partial charge in [0, 0.05) is 6.61 Å². The summed E-state index contributed by atoms with van der Waals surface area (Å²) in [6.07, 6.45) is 14.4. The van der Waals surface area contributed by atoms with E-state index >= 15 is 0 Å². The molecule has 0 amide bonds. The second-order valence-corrected chi connectivity index (χ2v) is 4.94. The van der Waals surface area contributed by atoms with Gasteiger partial charge in [0.05, 0.1) is 0 Å². The van der Waals surface area contributed by atoms with Crippen LogP contribution in [-0.4, -0.2) is 11.7 Å². The van der Waals surface area contributed by atoms with E-state index in [0.29, 0.717) is 30.3 Å². The van der Waals surface area contributed by atoms with Crippen LogP contribution in [0.15, 0.2) is 24.3 Å². The molecule has 2 rings (SSSR count). The molecule has 0 aromatic carbocycles. The van der Waals surface area contributed by atoms with Gasteiger partial charge < -0.3 is 5.11 Å². The predicted octanol–water partition coefficient (Wildman–Crippen LogP) is 3.16. The number of aliphatic hydroxyl groups is 1. The third-order valence-corrected chi connectivity index (χ3v) is 3.98. The van der Waals surface area contributed by atoms with E-state index in [9.17, 15) is 5.11 Å². The first-order valence-electron chi connectivity index (χ1n) is 6.32. The van der Waals surface area contributed by atoms with Gasteiger partial charge in [0.15, 0.2) is 0 Å². The van der Waals surface area contributed by atoms with Crippen LogP contribution < -0.4 is 0 Å². The molecule has 0 aliphatic heterocycles. The fourth-order valence-corrected chi connectivity index (χ4v) is 3.08. The van der Waals surface area contributed by atoms with E-state index in [4.69, 9.17) is 0 Å². The Morgan fingerprint density at radius 1 is 1.33 bits per heavy atom. The summed E-state index contributed by atoms with van der Waals surface area (Å²) < 4.78 is 0. The largest absolute Gasteiger partial charge is 0.396 e. The van der Waals surface area contributed by atoms with Crippen LogP contribution in [0.4, 0.5) is 0 Å². The number of aliphatic hydroxyl groups excluding tert-OH is 1. The first kappa shape index (κ1) is 10.9. The van der Waals surface area contributed by atoms with Crippen LogP contribution in [0.5, 0.6) is 0 Å². The number of allylic oxidation sites excluding steroid dienone is 4. The molecule has 2 aliphatic carbocycles. The SMILES string of the molecule is CCCCC=CC1C2C=CC(C2)C1CO. The van der Waals surface area contributed by atoms with Crippen LogP contribution in [0.3, 0.4) is 0 Å². The molecule has 0 aromatic heterocycles. The maximum atomic E-state index is 9.39. The number of hydrogen-bond donors (Lipinski definition) is 1. The molecule has 4 unspecified atom stereocenters. The summed E-state index contributed by atoms with van der Waals surface area (Å²) in [5, 5.41) is 9.39. The van der Waals surface area contributed by atoms with Crippen LogP contribution in [0, 0.1) is 23.7 Å². The average molecular weight is 206 g/mol. The van der Waals surface area contributed by atoms with Crippen LogP contribution in [0.2, 0.25) is 0 Å². The molecular weight excluding hydrogens is 184 g/mol. The summed E-state index contributed by atoms with van der Waals surface area (Å²) in [4.78, 5) is 0. The van der Waals surface area contributed by atoms with Crippen LogP contribution >= 0.6 is 0 Å². The number of fused-ring (bicyclic) bond motifs is 2. The van der Waals surface area contributed by atoms with Crippen molar-refractivity contribution in [3.05, 3.63) is 24.3 Å². The average Bonchev–Trinajstić information content (AvgIpc) is 2.84. The highest BCUT2D eigenvalue weighted by molar-refractivity contribution is 5.17. The zero-order chi connectivity index (χ0) is 10.7. The molecule has 0 spiro atoms. The first-order valence-corrected chi connectivity index (χ1v) is 6.32. The van der Waals surface area contributed by atoms with E-state index in [1.165, 1.54) is 25.7 Å². The Hall–Kier alpha value is -0.560. The molecular formula is C14H22O. The Morgan fingerprint density at radius 2 is 2.13 bits per heavy atom. The minimum atomic E-state index is 0.355. The molecule has 0 saturated heterocycles. The van der Waals surface area contributed by atoms with Gasteiger partial charge in [0.25, 0.3) is 0 Å². The van der Waals surface area contributed by atoms with Crippen LogP contribution in [0.1, 0.15) is 32.6 Å². The minimum Gasteiger partial charge on any atom is -0.396 e. The maximum absolute atomic E-state index is 9.39. The number of hydrogen-bond acceptors (Lipinski definition) is 1. The molecule has 84 valence electrons. The predicted molar refractivity (Wildman–Crippen MR) is 63.5 cm³/mol. The molecule has 4 atom stereocenters. The summed E-state index contributed by atoms with van der Waals surface area (Å²) in [7, 11) is 0. The van der Waals surface area contributed by atoms with Crippen LogP contribution in [-0.2, 0) is 0 Å². The zero-order valence-corrected chi connectivity index (χ0v) is 9.60. The molecule has 0 aromatic rings. The van der Waals surface area contributed by atoms with Gasteiger partial charge in [0.2, 0.25) is 0 Å². The maximum Gasteiger partial charge on any atom is 0.0470 e. The second kappa shape index (κ2) is 4.98. The fourth-order valence-electron chi connectivity index (χ4n) is 3.08. The molecule has 1 saturated carbocycles. The standard InChI is InChI=1S/C14H22O/c1-2-3-4-5-6-13-11-7-8-12(9-11)14(13)10-15/h5-8,11-15H,2-4,9-10H2,1H3. The van der Waals surface area contributed by atoms with Crippen molar-refractivity contribution in [2.45, 2.75) is 32.6 Å². The molecule has 0 radical (unpaired) electrons. The lowest BCUT2D eigenvalue weighted by molar-refractivity contribution is 0.182. The topological polar surface area (TPSA) is 20.2 Å². The van der Waals surface area contributed by atoms with Crippen molar-refractivity contribution in [2.24, 2.45) is 23.7 Å². The summed E-state index contributed by atoms with van der Waals surface area (Å²) >= 11 is 0. The van der Waals surface area contributed by atoms with Gasteiger partial charge in [-0.1, -0.05) is 44.1 Å². The Bertz CT molecular complexity index is 254. The van der Waals surface area contributed by atoms with Gasteiger partial charge in [-0.05, 0) is 36.5 Å². The first-order chi connectivity index (χ1) is 7.36. The fraction of sp³-hybridized carbons (Fsp3) is 0.714. The van der Waals surface area contributed by atoms with Gasteiger partial charge >= 0.3 is 0 Å². The van der Waals surface area contributed by atoms with Crippen molar-refractivity contribution in [3.8, 4) is 0 Å². The van der Waals surface area contributed by atoms with E-state index in [1.807, 2.05) is 0 Å². The summed E-state index contributed by atoms with van der Waals surface area (Å²) in [6, 6.07) is 0. The van der Waals surface area contributed by atoms with Crippen molar-refractivity contribution >= 4 is 0 Å². The Labute approximate surface area is 92.9 Å². The van der Waals surface area contributed by atoms with E-state index in [0.717, 1.165) is 0 Å². The molecule has 1 heteroatoms. The van der Waals surface area contributed by atoms with Gasteiger partial charge in [0.1, 0.15) is 0 Å². The van der Waals surface area contributed by atoms with Crippen molar-refractivity contribution < 1.29 is 5.11 Å². The minimum absolute atomic E-state index is 0.355. The molecule has 1 N–H and O–H groups in total. The molecule has 2 aliphatic rings. The van der Waals surface area contributed by atoms with Crippen molar-refractivity contribution in [1.29, 1.82) is 0 Å². The smallest absolute Gasteiger partial charge is 0.0470 e. The third-order valence-electron chi connectivity index (χ3n) is 3.98. The summed E-state index contributed by atoms with van der Waals surface area (Å²) in [5.41, 5.74) is 0. The zero-order valence-electron chi connectivity index (χ0n) is 9.60. The van der Waals surface area contributed by atoms with Crippen molar-refractivity contribution in [3.63, 3.8) is 0 Å². The monoisotopic (exact) mass is 206 g/mol. The van der Waals surface area contributed by atoms with Gasteiger partial charge in [-0.3, -0.25) is 0 Å². The number of rotatable bonds is 5. The van der Waals surface area contributed by atoms with Gasteiger partial charge in [-0.15, -0.1) is 0 Å². The Morgan fingerprint density at radius 3 is 2.87 bits per heavy atom. The van der Waals surface area contributed by atoms with Crippen LogP contribution in [0.25, 0.3) is 0 Å². The van der Waals surface area contributed by atoms with E-state index < -0.39 is 0 Å². The molecule has 15 heavy (non-hydrogen) atoms. The quantitative estimate of drug-likeness (QED) is 0.541. The Balaban J connectivity index is 1.91. The number of unbranched alkanes of at least 4 members (excludes halogenated alkanes) is 2.